The molecule has 0 radical (unpaired) electrons. The van der Waals surface area contributed by atoms with E-state index in [1.807, 2.05) is 29.5 Å². The molecule has 3 N–H and O–H groups in total. The zero-order valence-electron chi connectivity index (χ0n) is 20.6. The van der Waals surface area contributed by atoms with E-state index >= 15 is 0 Å². The van der Waals surface area contributed by atoms with Gasteiger partial charge in [0.25, 0.3) is 0 Å². The summed E-state index contributed by atoms with van der Waals surface area (Å²) in [6, 6.07) is 2.33. The smallest absolute Gasteiger partial charge is 0.247 e. The van der Waals surface area contributed by atoms with Crippen LogP contribution in [0.15, 0.2) is 35.9 Å². The number of allylic oxidation sites excluding steroid dienone is 1. The van der Waals surface area contributed by atoms with Crippen LogP contribution in [0.5, 0.6) is 11.5 Å². The third-order valence-electron chi connectivity index (χ3n) is 5.57. The lowest BCUT2D eigenvalue weighted by Gasteiger charge is -2.40. The van der Waals surface area contributed by atoms with Crippen molar-refractivity contribution in [2.75, 3.05) is 40.5 Å². The second-order valence-corrected chi connectivity index (χ2v) is 9.17. The second-order valence-electron chi connectivity index (χ2n) is 8.00. The highest BCUT2D eigenvalue weighted by molar-refractivity contribution is 14.1. The number of rotatable bonds is 13. The molecule has 0 bridgehead atoms. The van der Waals surface area contributed by atoms with Crippen LogP contribution < -0.4 is 14.8 Å². The summed E-state index contributed by atoms with van der Waals surface area (Å²) >= 11 is 2.00. The maximum Gasteiger partial charge on any atom is 0.247 e. The van der Waals surface area contributed by atoms with Crippen molar-refractivity contribution in [3.8, 4) is 11.5 Å². The topological polar surface area (TPSA) is 135 Å². The molecule has 0 saturated carbocycles. The molecule has 0 heterocycles. The maximum atomic E-state index is 13.0. The molecule has 1 aliphatic rings. The van der Waals surface area contributed by atoms with Crippen molar-refractivity contribution in [1.29, 1.82) is 0 Å². The Balaban J connectivity index is 2.50. The molecule has 2 amide bonds. The Morgan fingerprint density at radius 3 is 2.67 bits per heavy atom. The summed E-state index contributed by atoms with van der Waals surface area (Å²) in [5, 5.41) is 23.1. The fourth-order valence-corrected chi connectivity index (χ4v) is 4.53. The van der Waals surface area contributed by atoms with Crippen LogP contribution in [-0.2, 0) is 14.3 Å². The maximum absolute atomic E-state index is 13.0. The molecule has 198 valence electrons. The number of carbonyl (C=O) groups is 3. The van der Waals surface area contributed by atoms with Crippen LogP contribution in [0.2, 0.25) is 0 Å². The van der Waals surface area contributed by atoms with E-state index in [1.165, 1.54) is 37.3 Å². The van der Waals surface area contributed by atoms with Crippen LogP contribution >= 0.6 is 22.6 Å². The number of hydrogen-bond acceptors (Lipinski definition) is 8. The monoisotopic (exact) mass is 616 g/mol. The molecule has 2 rings (SSSR count). The Bertz CT molecular complexity index is 981. The Hall–Kier alpha value is -2.48. The Kier molecular flexibility index (Phi) is 12.3. The molecular formula is C25H33IN2O8. The van der Waals surface area contributed by atoms with Gasteiger partial charge in [0.1, 0.15) is 18.5 Å². The number of nitrogens with one attached hydrogen (secondary N) is 1. The predicted octanol–water partition coefficient (Wildman–Crippen LogP) is 1.47. The average Bonchev–Trinajstić information content (AvgIpc) is 2.88. The van der Waals surface area contributed by atoms with Gasteiger partial charge < -0.3 is 34.6 Å². The van der Waals surface area contributed by atoms with Gasteiger partial charge in [-0.05, 0) is 53.3 Å². The van der Waals surface area contributed by atoms with Gasteiger partial charge >= 0.3 is 0 Å². The quantitative estimate of drug-likeness (QED) is 0.172. The highest BCUT2D eigenvalue weighted by atomic mass is 127. The lowest BCUT2D eigenvalue weighted by molar-refractivity contribution is -0.134. The molecule has 0 unspecified atom stereocenters. The first kappa shape index (κ1) is 29.7. The third-order valence-corrected chi connectivity index (χ3v) is 6.37. The molecule has 11 heteroatoms. The van der Waals surface area contributed by atoms with Crippen molar-refractivity contribution < 1.29 is 38.8 Å². The van der Waals surface area contributed by atoms with E-state index in [9.17, 15) is 19.5 Å². The van der Waals surface area contributed by atoms with E-state index in [2.05, 4.69) is 5.32 Å². The van der Waals surface area contributed by atoms with Crippen molar-refractivity contribution in [2.45, 2.75) is 38.0 Å². The van der Waals surface area contributed by atoms with Crippen molar-refractivity contribution in [1.82, 2.24) is 10.2 Å². The van der Waals surface area contributed by atoms with Crippen LogP contribution in [0.4, 0.5) is 0 Å². The summed E-state index contributed by atoms with van der Waals surface area (Å²) in [4.78, 5) is 38.6. The van der Waals surface area contributed by atoms with Crippen LogP contribution in [-0.4, -0.2) is 92.0 Å². The minimum Gasteiger partial charge on any atom is -0.493 e. The molecule has 10 nitrogen and oxygen atoms in total. The molecule has 1 aromatic carbocycles. The number of aliphatic hydroxyl groups is 2. The number of nitrogens with zero attached hydrogens (tertiary/aromatic N) is 1. The van der Waals surface area contributed by atoms with E-state index in [-0.39, 0.29) is 44.4 Å². The molecule has 1 aliphatic carbocycles. The highest BCUT2D eigenvalue weighted by Crippen LogP contribution is 2.36. The minimum absolute atomic E-state index is 0.0549. The summed E-state index contributed by atoms with van der Waals surface area (Å²) < 4.78 is 17.3. The van der Waals surface area contributed by atoms with Gasteiger partial charge in [-0.2, -0.15) is 0 Å². The number of carbonyl (C=O) groups excluding carboxylic acids is 3. The van der Waals surface area contributed by atoms with Gasteiger partial charge in [0.2, 0.25) is 11.8 Å². The highest BCUT2D eigenvalue weighted by Gasteiger charge is 2.40. The number of ether oxygens (including phenoxy) is 3. The number of halogens is 1. The molecule has 0 aliphatic heterocycles. The summed E-state index contributed by atoms with van der Waals surface area (Å²) in [7, 11) is 2.94. The molecule has 0 saturated heterocycles. The van der Waals surface area contributed by atoms with E-state index in [1.54, 1.807) is 12.1 Å². The van der Waals surface area contributed by atoms with Gasteiger partial charge in [-0.1, -0.05) is 13.0 Å². The Morgan fingerprint density at radius 2 is 2.06 bits per heavy atom. The fourth-order valence-electron chi connectivity index (χ4n) is 3.78. The Morgan fingerprint density at radius 1 is 1.31 bits per heavy atom. The van der Waals surface area contributed by atoms with Crippen molar-refractivity contribution >= 4 is 40.7 Å². The summed E-state index contributed by atoms with van der Waals surface area (Å²) in [5.41, 5.74) is 0.696. The number of amides is 2. The first-order chi connectivity index (χ1) is 17.3. The van der Waals surface area contributed by atoms with Gasteiger partial charge in [0, 0.05) is 37.8 Å². The van der Waals surface area contributed by atoms with E-state index in [4.69, 9.17) is 19.3 Å². The average molecular weight is 616 g/mol. The molecule has 36 heavy (non-hydrogen) atoms. The normalized spacial score (nSPS) is 19.5. The van der Waals surface area contributed by atoms with E-state index in [0.717, 1.165) is 0 Å². The SMILES string of the molecule is CCC=CC(=O)N(CCOC)[C@@H]1CC(C(=O)NCCO)=C[C@H](Oc2c(I)cc(C=O)cc2OC)[C@H]1O. The third kappa shape index (κ3) is 7.76. The van der Waals surface area contributed by atoms with Crippen LogP contribution in [0, 0.1) is 3.57 Å². The van der Waals surface area contributed by atoms with Gasteiger partial charge in [-0.15, -0.1) is 0 Å². The number of methoxy groups -OCH3 is 2. The van der Waals surface area contributed by atoms with Gasteiger partial charge in [0.05, 0.1) is 29.9 Å². The Labute approximate surface area is 224 Å². The van der Waals surface area contributed by atoms with Crippen LogP contribution in [0.1, 0.15) is 30.1 Å². The van der Waals surface area contributed by atoms with Crippen molar-refractivity contribution in [3.05, 3.63) is 45.1 Å². The first-order valence-electron chi connectivity index (χ1n) is 11.5. The molecule has 3 atom stereocenters. The van der Waals surface area contributed by atoms with Gasteiger partial charge in [-0.3, -0.25) is 14.4 Å². The molecule has 0 spiro atoms. The van der Waals surface area contributed by atoms with Crippen LogP contribution in [0.3, 0.4) is 0 Å². The first-order valence-corrected chi connectivity index (χ1v) is 12.6. The molecule has 0 fully saturated rings. The van der Waals surface area contributed by atoms with Crippen molar-refractivity contribution in [3.63, 3.8) is 0 Å². The summed E-state index contributed by atoms with van der Waals surface area (Å²) in [5.74, 6) is -0.177. The number of benzene rings is 1. The standard InChI is InChI=1S/C25H33IN2O8/c1-4-5-6-22(31)28(8-10-34-2)19-13-17(25(33)27-7-9-29)14-20(23(19)32)36-24-18(26)11-16(15-30)12-21(24)35-3/h5-6,11-12,14-15,19-20,23,29,32H,4,7-10,13H2,1-3H3,(H,27,33)/t19-,20+,23+/m1/s1. The molecule has 1 aromatic rings. The minimum atomic E-state index is -1.19. The van der Waals surface area contributed by atoms with E-state index < -0.39 is 24.2 Å². The van der Waals surface area contributed by atoms with Gasteiger partial charge in [-0.25, -0.2) is 0 Å². The zero-order chi connectivity index (χ0) is 26.7. The van der Waals surface area contributed by atoms with Crippen LogP contribution in [0.25, 0.3) is 0 Å². The lowest BCUT2D eigenvalue weighted by Crippen LogP contribution is -2.55. The summed E-state index contributed by atoms with van der Waals surface area (Å²) in [6.45, 7) is 2.15. The number of hydrogen-bond donors (Lipinski definition) is 3. The van der Waals surface area contributed by atoms with Gasteiger partial charge in [0.15, 0.2) is 11.5 Å². The number of aldehydes is 1. The largest absolute Gasteiger partial charge is 0.493 e. The zero-order valence-corrected chi connectivity index (χ0v) is 22.8. The second kappa shape index (κ2) is 14.9. The van der Waals surface area contributed by atoms with E-state index in [0.29, 0.717) is 33.2 Å². The number of aliphatic hydroxyl groups excluding tert-OH is 2. The molecular weight excluding hydrogens is 583 g/mol. The van der Waals surface area contributed by atoms with Crippen molar-refractivity contribution in [2.24, 2.45) is 0 Å². The lowest BCUT2D eigenvalue weighted by atomic mass is 9.88. The summed E-state index contributed by atoms with van der Waals surface area (Å²) in [6.07, 6.45) is 3.88. The molecule has 0 aromatic heterocycles. The fraction of sp³-hybridized carbons (Fsp3) is 0.480. The predicted molar refractivity (Wildman–Crippen MR) is 141 cm³/mol.